The van der Waals surface area contributed by atoms with Crippen LogP contribution in [0.25, 0.3) is 64.4 Å². The van der Waals surface area contributed by atoms with Gasteiger partial charge in [-0.1, -0.05) is 172 Å². The van der Waals surface area contributed by atoms with Gasteiger partial charge in [-0.05, 0) is 92.5 Å². The second-order valence-electron chi connectivity index (χ2n) is 17.2. The van der Waals surface area contributed by atoms with Gasteiger partial charge in [0, 0.05) is 47.9 Å². The Morgan fingerprint density at radius 1 is 0.443 bits per heavy atom. The molecule has 3 heteroatoms. The maximum atomic E-state index is 7.21. The van der Waals surface area contributed by atoms with Gasteiger partial charge in [0.1, 0.15) is 11.2 Å². The first-order chi connectivity index (χ1) is 30.0. The van der Waals surface area contributed by atoms with Gasteiger partial charge in [-0.15, -0.1) is 11.3 Å². The molecule has 9 aromatic carbocycles. The maximum absolute atomic E-state index is 7.21. The Bertz CT molecular complexity index is 3530. The van der Waals surface area contributed by atoms with Gasteiger partial charge in [0.15, 0.2) is 0 Å². The highest BCUT2D eigenvalue weighted by atomic mass is 32.1. The molecule has 0 amide bonds. The molecule has 288 valence electrons. The molecule has 0 atom stereocenters. The Labute approximate surface area is 358 Å². The largest absolute Gasteiger partial charge is 0.455 e. The molecule has 2 aliphatic carbocycles. The summed E-state index contributed by atoms with van der Waals surface area (Å²) in [4.78, 5) is 2.47. The molecule has 0 saturated carbocycles. The molecule has 13 rings (SSSR count). The van der Waals surface area contributed by atoms with Crippen LogP contribution in [-0.2, 0) is 10.8 Å². The molecule has 0 N–H and O–H groups in total. The molecule has 0 spiro atoms. The van der Waals surface area contributed by atoms with Gasteiger partial charge in [-0.2, -0.15) is 0 Å². The normalized spacial score (nSPS) is 14.3. The van der Waals surface area contributed by atoms with Crippen molar-refractivity contribution in [3.63, 3.8) is 0 Å². The van der Waals surface area contributed by atoms with Crippen LogP contribution >= 0.6 is 11.3 Å². The molecule has 2 aliphatic rings. The molecule has 0 aliphatic heterocycles. The van der Waals surface area contributed by atoms with Crippen LogP contribution in [-0.4, -0.2) is 0 Å². The molecule has 0 radical (unpaired) electrons. The summed E-state index contributed by atoms with van der Waals surface area (Å²) in [5, 5.41) is 4.81. The van der Waals surface area contributed by atoms with Crippen molar-refractivity contribution in [2.24, 2.45) is 0 Å². The first-order valence-corrected chi connectivity index (χ1v) is 22.0. The number of thiophene rings is 1. The zero-order valence-electron chi connectivity index (χ0n) is 33.8. The zero-order chi connectivity index (χ0) is 40.5. The molecular weight excluding hydrogens is 759 g/mol. The summed E-state index contributed by atoms with van der Waals surface area (Å²) in [5.41, 5.74) is 17.2. The number of benzene rings is 9. The second-order valence-corrected chi connectivity index (χ2v) is 18.2. The maximum Gasteiger partial charge on any atom is 0.143 e. The third-order valence-electron chi connectivity index (χ3n) is 13.7. The summed E-state index contributed by atoms with van der Waals surface area (Å²) in [6.07, 6.45) is 0. The van der Waals surface area contributed by atoms with Crippen LogP contribution in [0.2, 0.25) is 0 Å². The molecule has 0 bridgehead atoms. The molecule has 0 unspecified atom stereocenters. The van der Waals surface area contributed by atoms with E-state index >= 15 is 0 Å². The Hall–Kier alpha value is -7.20. The minimum Gasteiger partial charge on any atom is -0.455 e. The highest BCUT2D eigenvalue weighted by Crippen LogP contribution is 2.59. The third kappa shape index (κ3) is 4.67. The van der Waals surface area contributed by atoms with E-state index in [2.05, 4.69) is 219 Å². The third-order valence-corrected chi connectivity index (χ3v) is 14.9. The van der Waals surface area contributed by atoms with E-state index in [9.17, 15) is 0 Å². The number of anilines is 3. The van der Waals surface area contributed by atoms with Crippen molar-refractivity contribution in [1.82, 2.24) is 0 Å². The molecule has 2 nitrogen and oxygen atoms in total. The Kier molecular flexibility index (Phi) is 7.19. The second kappa shape index (κ2) is 12.7. The molecule has 0 fully saturated rings. The Morgan fingerprint density at radius 2 is 1.07 bits per heavy atom. The van der Waals surface area contributed by atoms with Crippen molar-refractivity contribution in [2.75, 3.05) is 4.90 Å². The van der Waals surface area contributed by atoms with Crippen molar-refractivity contribution < 1.29 is 4.42 Å². The van der Waals surface area contributed by atoms with Crippen LogP contribution in [0.3, 0.4) is 0 Å². The molecule has 11 aromatic rings. The average molecular weight is 798 g/mol. The van der Waals surface area contributed by atoms with E-state index in [1.807, 2.05) is 11.3 Å². The summed E-state index contributed by atoms with van der Waals surface area (Å²) < 4.78 is 9.79. The lowest BCUT2D eigenvalue weighted by Gasteiger charge is -2.33. The van der Waals surface area contributed by atoms with Gasteiger partial charge in [0.2, 0.25) is 0 Å². The van der Waals surface area contributed by atoms with Crippen molar-refractivity contribution >= 4 is 70.5 Å². The fraction of sp³-hybridized carbons (Fsp3) is 0.0690. The van der Waals surface area contributed by atoms with Gasteiger partial charge in [-0.3, -0.25) is 0 Å². The van der Waals surface area contributed by atoms with Gasteiger partial charge in [0.25, 0.3) is 0 Å². The van der Waals surface area contributed by atoms with Crippen molar-refractivity contribution in [3.05, 3.63) is 234 Å². The van der Waals surface area contributed by atoms with E-state index in [0.717, 1.165) is 39.0 Å². The lowest BCUT2D eigenvalue weighted by molar-refractivity contribution is 0.660. The van der Waals surface area contributed by atoms with E-state index in [4.69, 9.17) is 4.42 Å². The van der Waals surface area contributed by atoms with Gasteiger partial charge >= 0.3 is 0 Å². The lowest BCUT2D eigenvalue weighted by atomic mass is 9.67. The van der Waals surface area contributed by atoms with Crippen LogP contribution in [0.1, 0.15) is 47.2 Å². The molecule has 61 heavy (non-hydrogen) atoms. The summed E-state index contributed by atoms with van der Waals surface area (Å²) in [6, 6.07) is 74.0. The Balaban J connectivity index is 1.09. The minimum atomic E-state index is -0.509. The lowest BCUT2D eigenvalue weighted by Crippen LogP contribution is -2.28. The molecular formula is C58H39NOS. The predicted molar refractivity (Wildman–Crippen MR) is 256 cm³/mol. The standard InChI is InChI=1S/C58H39NOS/c1-57(2)46-23-12-9-20-40(46)41-30-28-38(34-49(41)57)59(39-29-31-43-42-21-11-14-27-52(42)61-53(43)35-39)50-25-15-26-51-55(50)45-32-33-48-54(56(45)60-51)44-22-10-13-24-47(44)58(48,36-16-5-3-6-17-36)37-18-7-4-8-19-37/h3-35H,1-2H3. The zero-order valence-corrected chi connectivity index (χ0v) is 34.6. The van der Waals surface area contributed by atoms with Crippen LogP contribution in [0.4, 0.5) is 17.1 Å². The SMILES string of the molecule is CC1(C)c2ccccc2-c2ccc(N(c3ccc4c(c3)sc3ccccc34)c3cccc4oc5c6c(ccc5c34)C(c3ccccc3)(c3ccccc3)c3ccccc3-6)cc21. The van der Waals surface area contributed by atoms with Gasteiger partial charge in [0.05, 0.1) is 16.5 Å². The van der Waals surface area contributed by atoms with Crippen LogP contribution < -0.4 is 4.90 Å². The van der Waals surface area contributed by atoms with Crippen LogP contribution in [0.5, 0.6) is 0 Å². The first kappa shape index (κ1) is 34.6. The highest BCUT2D eigenvalue weighted by Gasteiger charge is 2.47. The van der Waals surface area contributed by atoms with E-state index < -0.39 is 5.41 Å². The van der Waals surface area contributed by atoms with E-state index in [1.165, 1.54) is 75.8 Å². The monoisotopic (exact) mass is 797 g/mol. The fourth-order valence-corrected chi connectivity index (χ4v) is 12.2. The van der Waals surface area contributed by atoms with Crippen molar-refractivity contribution in [1.29, 1.82) is 0 Å². The highest BCUT2D eigenvalue weighted by molar-refractivity contribution is 7.25. The van der Waals surface area contributed by atoms with Gasteiger partial charge < -0.3 is 9.32 Å². The number of hydrogen-bond acceptors (Lipinski definition) is 3. The van der Waals surface area contributed by atoms with Gasteiger partial charge in [-0.25, -0.2) is 0 Å². The fourth-order valence-electron chi connectivity index (χ4n) is 11.1. The number of furan rings is 1. The predicted octanol–water partition coefficient (Wildman–Crippen LogP) is 16.1. The van der Waals surface area contributed by atoms with E-state index in [1.54, 1.807) is 0 Å². The summed E-state index contributed by atoms with van der Waals surface area (Å²) in [7, 11) is 0. The molecule has 0 saturated heterocycles. The van der Waals surface area contributed by atoms with E-state index in [-0.39, 0.29) is 5.41 Å². The minimum absolute atomic E-state index is 0.144. The number of rotatable bonds is 5. The van der Waals surface area contributed by atoms with Crippen LogP contribution in [0.15, 0.2) is 205 Å². The molecule has 2 heterocycles. The summed E-state index contributed by atoms with van der Waals surface area (Å²) >= 11 is 1.86. The topological polar surface area (TPSA) is 16.4 Å². The molecule has 2 aromatic heterocycles. The van der Waals surface area contributed by atoms with Crippen molar-refractivity contribution in [2.45, 2.75) is 24.7 Å². The van der Waals surface area contributed by atoms with E-state index in [0.29, 0.717) is 0 Å². The smallest absolute Gasteiger partial charge is 0.143 e. The van der Waals surface area contributed by atoms with Crippen LogP contribution in [0, 0.1) is 0 Å². The first-order valence-electron chi connectivity index (χ1n) is 21.2. The Morgan fingerprint density at radius 3 is 1.87 bits per heavy atom. The van der Waals surface area contributed by atoms with Crippen molar-refractivity contribution in [3.8, 4) is 22.3 Å². The average Bonchev–Trinajstić information content (AvgIpc) is 4.03. The number of nitrogens with zero attached hydrogens (tertiary/aromatic N) is 1. The number of hydrogen-bond donors (Lipinski definition) is 0. The number of fused-ring (bicyclic) bond motifs is 13. The summed E-state index contributed by atoms with van der Waals surface area (Å²) in [6.45, 7) is 4.73. The summed E-state index contributed by atoms with van der Waals surface area (Å²) in [5.74, 6) is 0. The quantitative estimate of drug-likeness (QED) is 0.172.